The number of hydrogen-bond acceptors (Lipinski definition) is 3. The van der Waals surface area contributed by atoms with E-state index in [1.807, 2.05) is 31.2 Å². The van der Waals surface area contributed by atoms with E-state index in [4.69, 9.17) is 10.5 Å². The Morgan fingerprint density at radius 2 is 2.00 bits per heavy atom. The van der Waals surface area contributed by atoms with E-state index in [0.717, 1.165) is 29.9 Å². The van der Waals surface area contributed by atoms with Gasteiger partial charge in [-0.1, -0.05) is 26.0 Å². The van der Waals surface area contributed by atoms with Crippen molar-refractivity contribution in [3.05, 3.63) is 29.8 Å². The molecule has 0 spiro atoms. The van der Waals surface area contributed by atoms with Crippen molar-refractivity contribution < 1.29 is 9.53 Å². The van der Waals surface area contributed by atoms with Crippen LogP contribution in [-0.4, -0.2) is 18.9 Å². The minimum Gasteiger partial charge on any atom is -0.497 e. The van der Waals surface area contributed by atoms with Crippen LogP contribution in [0.3, 0.4) is 0 Å². The summed E-state index contributed by atoms with van der Waals surface area (Å²) in [5, 5.41) is 4.09. The van der Waals surface area contributed by atoms with Gasteiger partial charge in [0.2, 0.25) is 0 Å². The molecule has 0 saturated heterocycles. The van der Waals surface area contributed by atoms with E-state index < -0.39 is 6.03 Å². The summed E-state index contributed by atoms with van der Waals surface area (Å²) in [6.45, 7) is 4.10. The van der Waals surface area contributed by atoms with Gasteiger partial charge >= 0.3 is 6.03 Å². The zero-order valence-electron chi connectivity index (χ0n) is 11.6. The van der Waals surface area contributed by atoms with Crippen LogP contribution in [0, 0.1) is 0 Å². The topological polar surface area (TPSA) is 76.7 Å². The molecule has 0 saturated carbocycles. The smallest absolute Gasteiger partial charge is 0.332 e. The summed E-state index contributed by atoms with van der Waals surface area (Å²) in [5.74, 6) is 0.992. The third-order valence-corrected chi connectivity index (χ3v) is 3.00. The van der Waals surface area contributed by atoms with E-state index in [-0.39, 0.29) is 5.92 Å². The minimum absolute atomic E-state index is 0.169. The van der Waals surface area contributed by atoms with Crippen LogP contribution in [0.5, 0.6) is 5.75 Å². The van der Waals surface area contributed by atoms with Crippen molar-refractivity contribution in [3.63, 3.8) is 0 Å². The molecule has 0 bridgehead atoms. The Morgan fingerprint density at radius 3 is 2.42 bits per heavy atom. The average molecular weight is 263 g/mol. The van der Waals surface area contributed by atoms with Crippen molar-refractivity contribution in [1.82, 2.24) is 5.43 Å². The standard InChI is InChI=1S/C14H21N3O2/c1-4-12(13(5-2)16-17-14(15)18)10-6-8-11(19-3)9-7-10/h6-9,12H,4-5H2,1-3H3,(H3,15,17,18)/b16-13-/t12-/m1/s1. The Kier molecular flexibility index (Phi) is 5.85. The number of amides is 2. The van der Waals surface area contributed by atoms with Crippen molar-refractivity contribution in [1.29, 1.82) is 0 Å². The number of rotatable bonds is 6. The number of primary amides is 1. The quantitative estimate of drug-likeness (QED) is 0.611. The fourth-order valence-electron chi connectivity index (χ4n) is 2.03. The average Bonchev–Trinajstić information content (AvgIpc) is 2.43. The number of ether oxygens (including phenoxy) is 1. The lowest BCUT2D eigenvalue weighted by Gasteiger charge is -2.17. The first-order valence-corrected chi connectivity index (χ1v) is 6.38. The van der Waals surface area contributed by atoms with E-state index in [1.165, 1.54) is 0 Å². The Morgan fingerprint density at radius 1 is 1.37 bits per heavy atom. The lowest BCUT2D eigenvalue weighted by Crippen LogP contribution is -2.27. The van der Waals surface area contributed by atoms with Gasteiger partial charge < -0.3 is 10.5 Å². The normalized spacial score (nSPS) is 12.9. The maximum atomic E-state index is 10.7. The van der Waals surface area contributed by atoms with Crippen LogP contribution in [0.25, 0.3) is 0 Å². The van der Waals surface area contributed by atoms with E-state index in [1.54, 1.807) is 7.11 Å². The minimum atomic E-state index is -0.643. The molecule has 0 fully saturated rings. The molecule has 3 N–H and O–H groups in total. The summed E-state index contributed by atoms with van der Waals surface area (Å²) in [7, 11) is 1.64. The molecular formula is C14H21N3O2. The largest absolute Gasteiger partial charge is 0.497 e. The van der Waals surface area contributed by atoms with Crippen molar-refractivity contribution >= 4 is 11.7 Å². The van der Waals surface area contributed by atoms with Gasteiger partial charge in [0.25, 0.3) is 0 Å². The monoisotopic (exact) mass is 263 g/mol. The molecule has 5 heteroatoms. The van der Waals surface area contributed by atoms with Gasteiger partial charge in [-0.15, -0.1) is 0 Å². The zero-order valence-corrected chi connectivity index (χ0v) is 11.6. The van der Waals surface area contributed by atoms with Crippen molar-refractivity contribution in [2.75, 3.05) is 7.11 Å². The van der Waals surface area contributed by atoms with Crippen molar-refractivity contribution in [3.8, 4) is 5.75 Å². The highest BCUT2D eigenvalue weighted by Crippen LogP contribution is 2.24. The van der Waals surface area contributed by atoms with Crippen LogP contribution in [0.4, 0.5) is 4.79 Å². The first-order chi connectivity index (χ1) is 9.12. The van der Waals surface area contributed by atoms with Crippen LogP contribution in [-0.2, 0) is 0 Å². The Bertz CT molecular complexity index is 441. The molecule has 1 atom stereocenters. The first-order valence-electron chi connectivity index (χ1n) is 6.38. The molecule has 5 nitrogen and oxygen atoms in total. The molecule has 0 aromatic heterocycles. The van der Waals surface area contributed by atoms with Gasteiger partial charge in [-0.3, -0.25) is 0 Å². The molecule has 19 heavy (non-hydrogen) atoms. The van der Waals surface area contributed by atoms with Gasteiger partial charge in [0.15, 0.2) is 0 Å². The number of urea groups is 1. The molecule has 0 unspecified atom stereocenters. The second-order valence-corrected chi connectivity index (χ2v) is 4.17. The Balaban J connectivity index is 2.95. The summed E-state index contributed by atoms with van der Waals surface area (Å²) in [5.41, 5.74) is 9.40. The second kappa shape index (κ2) is 7.41. The van der Waals surface area contributed by atoms with Gasteiger partial charge in [-0.25, -0.2) is 10.2 Å². The molecule has 0 aliphatic carbocycles. The molecule has 0 heterocycles. The molecule has 0 aliphatic heterocycles. The van der Waals surface area contributed by atoms with Crippen LogP contribution in [0.15, 0.2) is 29.4 Å². The van der Waals surface area contributed by atoms with Crippen LogP contribution < -0.4 is 15.9 Å². The maximum absolute atomic E-state index is 10.7. The number of benzene rings is 1. The second-order valence-electron chi connectivity index (χ2n) is 4.17. The molecule has 1 rings (SSSR count). The highest BCUT2D eigenvalue weighted by molar-refractivity contribution is 5.91. The van der Waals surface area contributed by atoms with Gasteiger partial charge in [-0.2, -0.15) is 5.10 Å². The summed E-state index contributed by atoms with van der Waals surface area (Å²) in [6, 6.07) is 7.24. The van der Waals surface area contributed by atoms with Crippen LogP contribution in [0.2, 0.25) is 0 Å². The van der Waals surface area contributed by atoms with Gasteiger partial charge in [0.1, 0.15) is 5.75 Å². The summed E-state index contributed by atoms with van der Waals surface area (Å²) in [4.78, 5) is 10.7. The van der Waals surface area contributed by atoms with Gasteiger partial charge in [-0.05, 0) is 30.5 Å². The Hall–Kier alpha value is -2.04. The molecule has 1 aromatic rings. The van der Waals surface area contributed by atoms with Crippen molar-refractivity contribution in [2.24, 2.45) is 10.8 Å². The number of nitrogens with two attached hydrogens (primary N) is 1. The van der Waals surface area contributed by atoms with E-state index >= 15 is 0 Å². The predicted molar refractivity (Wildman–Crippen MR) is 76.5 cm³/mol. The van der Waals surface area contributed by atoms with E-state index in [2.05, 4.69) is 17.5 Å². The number of hydrogen-bond donors (Lipinski definition) is 2. The van der Waals surface area contributed by atoms with Gasteiger partial charge in [0, 0.05) is 11.6 Å². The highest BCUT2D eigenvalue weighted by atomic mass is 16.5. The SMILES string of the molecule is CC/C(=N/NC(N)=O)[C@H](CC)c1ccc(OC)cc1. The number of carbonyl (C=O) groups is 1. The fourth-order valence-corrected chi connectivity index (χ4v) is 2.03. The highest BCUT2D eigenvalue weighted by Gasteiger charge is 2.15. The van der Waals surface area contributed by atoms with E-state index in [9.17, 15) is 4.79 Å². The predicted octanol–water partition coefficient (Wildman–Crippen LogP) is 2.62. The Labute approximate surface area is 113 Å². The summed E-state index contributed by atoms with van der Waals surface area (Å²) >= 11 is 0. The number of methoxy groups -OCH3 is 1. The first kappa shape index (κ1) is 15.0. The summed E-state index contributed by atoms with van der Waals surface area (Å²) in [6.07, 6.45) is 1.66. The lowest BCUT2D eigenvalue weighted by molar-refractivity contribution is 0.249. The third-order valence-electron chi connectivity index (χ3n) is 3.00. The summed E-state index contributed by atoms with van der Waals surface area (Å²) < 4.78 is 5.14. The molecule has 0 radical (unpaired) electrons. The molecular weight excluding hydrogens is 242 g/mol. The number of nitrogens with zero attached hydrogens (tertiary/aromatic N) is 1. The van der Waals surface area contributed by atoms with Gasteiger partial charge in [0.05, 0.1) is 7.11 Å². The van der Waals surface area contributed by atoms with Crippen molar-refractivity contribution in [2.45, 2.75) is 32.6 Å². The lowest BCUT2D eigenvalue weighted by atomic mass is 9.90. The maximum Gasteiger partial charge on any atom is 0.332 e. The van der Waals surface area contributed by atoms with Crippen LogP contribution >= 0.6 is 0 Å². The molecule has 2 amide bonds. The van der Waals surface area contributed by atoms with E-state index in [0.29, 0.717) is 0 Å². The molecule has 0 aliphatic rings. The molecule has 104 valence electrons. The number of carbonyl (C=O) groups excluding carboxylic acids is 1. The fraction of sp³-hybridized carbons (Fsp3) is 0.429. The van der Waals surface area contributed by atoms with Crippen LogP contribution in [0.1, 0.15) is 38.2 Å². The number of hydrazone groups is 1. The zero-order chi connectivity index (χ0) is 14.3. The molecule has 1 aromatic carbocycles. The third kappa shape index (κ3) is 4.28. The number of nitrogens with one attached hydrogen (secondary N) is 1.